The molecule has 0 aliphatic carbocycles. The first-order valence-electron chi connectivity index (χ1n) is 8.24. The predicted octanol–water partition coefficient (Wildman–Crippen LogP) is 4.42. The minimum atomic E-state index is -0.322. The number of amides is 1. The van der Waals surface area contributed by atoms with Crippen LogP contribution >= 0.6 is 0 Å². The van der Waals surface area contributed by atoms with E-state index in [9.17, 15) is 9.18 Å². The topological polar surface area (TPSA) is 37.6 Å². The number of benzene rings is 2. The van der Waals surface area contributed by atoms with Crippen molar-refractivity contribution in [3.8, 4) is 5.69 Å². The van der Waals surface area contributed by atoms with Gasteiger partial charge in [0.05, 0.1) is 22.7 Å². The zero-order chi connectivity index (χ0) is 18.1. The Morgan fingerprint density at radius 3 is 2.46 bits per heavy atom. The van der Waals surface area contributed by atoms with Gasteiger partial charge in [-0.25, -0.2) is 4.39 Å². The molecule has 0 unspecified atom stereocenters. The van der Waals surface area contributed by atoms with Gasteiger partial charge in [-0.15, -0.1) is 0 Å². The molecule has 0 saturated heterocycles. The van der Waals surface area contributed by atoms with Gasteiger partial charge in [0, 0.05) is 11.9 Å². The summed E-state index contributed by atoms with van der Waals surface area (Å²) in [6.45, 7) is 1.79. The molecule has 2 heterocycles. The predicted molar refractivity (Wildman–Crippen MR) is 101 cm³/mol. The molecule has 4 nitrogen and oxygen atoms in total. The number of hydrogen-bond donors (Lipinski definition) is 0. The molecule has 3 aromatic rings. The second-order valence-electron chi connectivity index (χ2n) is 5.95. The number of carbonyl (C=O) groups excluding carboxylic acids is 1. The lowest BCUT2D eigenvalue weighted by Gasteiger charge is -2.11. The molecule has 1 aliphatic rings. The fourth-order valence-corrected chi connectivity index (χ4v) is 2.95. The highest BCUT2D eigenvalue weighted by Crippen LogP contribution is 2.26. The van der Waals surface area contributed by atoms with Crippen molar-refractivity contribution >= 4 is 23.4 Å². The summed E-state index contributed by atoms with van der Waals surface area (Å²) in [5.74, 6) is -0.521. The lowest BCUT2D eigenvalue weighted by molar-refractivity contribution is -0.114. The minimum Gasteiger partial charge on any atom is -0.314 e. The number of carbonyl (C=O) groups is 1. The molecule has 1 aliphatic heterocycles. The first-order chi connectivity index (χ1) is 12.6. The van der Waals surface area contributed by atoms with Crippen LogP contribution in [-0.4, -0.2) is 16.2 Å². The van der Waals surface area contributed by atoms with Crippen molar-refractivity contribution in [3.63, 3.8) is 0 Å². The molecular weight excluding hydrogens is 329 g/mol. The summed E-state index contributed by atoms with van der Waals surface area (Å²) in [6, 6.07) is 19.5. The van der Waals surface area contributed by atoms with Crippen LogP contribution in [0.5, 0.6) is 0 Å². The average Bonchev–Trinajstić information content (AvgIpc) is 3.23. The molecule has 4 rings (SSSR count). The van der Waals surface area contributed by atoms with Gasteiger partial charge in [0.15, 0.2) is 0 Å². The van der Waals surface area contributed by atoms with Crippen LogP contribution in [0.3, 0.4) is 0 Å². The third-order valence-electron chi connectivity index (χ3n) is 4.25. The van der Waals surface area contributed by atoms with Gasteiger partial charge in [-0.2, -0.15) is 10.1 Å². The van der Waals surface area contributed by atoms with Gasteiger partial charge >= 0.3 is 0 Å². The van der Waals surface area contributed by atoms with E-state index in [1.54, 1.807) is 42.0 Å². The third kappa shape index (κ3) is 2.73. The van der Waals surface area contributed by atoms with Crippen molar-refractivity contribution in [2.24, 2.45) is 5.10 Å². The Bertz CT molecular complexity index is 1030. The molecule has 0 N–H and O–H groups in total. The van der Waals surface area contributed by atoms with E-state index in [-0.39, 0.29) is 11.7 Å². The standard InChI is InChI=1S/C21H16FN3O/c1-15-18(21(26)25(23-15)16-8-3-2-4-9-16)14-17-10-7-13-24(17)20-12-6-5-11-19(20)22/h2-14H,1H3/b18-14-. The molecule has 0 saturated carbocycles. The van der Waals surface area contributed by atoms with Crippen LogP contribution in [-0.2, 0) is 4.79 Å². The van der Waals surface area contributed by atoms with E-state index < -0.39 is 0 Å². The maximum Gasteiger partial charge on any atom is 0.280 e. The van der Waals surface area contributed by atoms with Crippen LogP contribution in [0, 0.1) is 5.82 Å². The fourth-order valence-electron chi connectivity index (χ4n) is 2.95. The smallest absolute Gasteiger partial charge is 0.280 e. The second kappa shape index (κ2) is 6.44. The number of hydrogen-bond acceptors (Lipinski definition) is 2. The fraction of sp³-hybridized carbons (Fsp3) is 0.0476. The summed E-state index contributed by atoms with van der Waals surface area (Å²) >= 11 is 0. The number of aromatic nitrogens is 1. The Kier molecular flexibility index (Phi) is 3.97. The van der Waals surface area contributed by atoms with E-state index in [4.69, 9.17) is 0 Å². The van der Waals surface area contributed by atoms with Gasteiger partial charge in [0.25, 0.3) is 5.91 Å². The van der Waals surface area contributed by atoms with Crippen molar-refractivity contribution in [1.29, 1.82) is 0 Å². The van der Waals surface area contributed by atoms with Crippen molar-refractivity contribution in [2.75, 3.05) is 5.01 Å². The van der Waals surface area contributed by atoms with Gasteiger partial charge < -0.3 is 4.57 Å². The number of anilines is 1. The Morgan fingerprint density at radius 2 is 1.69 bits per heavy atom. The third-order valence-corrected chi connectivity index (χ3v) is 4.25. The largest absolute Gasteiger partial charge is 0.314 e. The molecule has 0 atom stereocenters. The van der Waals surface area contributed by atoms with Gasteiger partial charge in [-0.3, -0.25) is 4.79 Å². The lowest BCUT2D eigenvalue weighted by Crippen LogP contribution is -2.21. The zero-order valence-corrected chi connectivity index (χ0v) is 14.1. The average molecular weight is 345 g/mol. The molecule has 1 amide bonds. The van der Waals surface area contributed by atoms with E-state index in [1.165, 1.54) is 11.1 Å². The van der Waals surface area contributed by atoms with Crippen LogP contribution in [0.15, 0.2) is 83.6 Å². The highest BCUT2D eigenvalue weighted by atomic mass is 19.1. The number of halogens is 1. The summed E-state index contributed by atoms with van der Waals surface area (Å²) in [5, 5.41) is 5.76. The van der Waals surface area contributed by atoms with Crippen LogP contribution in [0.25, 0.3) is 11.8 Å². The van der Waals surface area contributed by atoms with Crippen LogP contribution in [0.1, 0.15) is 12.6 Å². The maximum atomic E-state index is 14.1. The SMILES string of the molecule is CC1=NN(c2ccccc2)C(=O)/C1=C\c1cccn1-c1ccccc1F. The molecule has 0 bridgehead atoms. The first-order valence-corrected chi connectivity index (χ1v) is 8.24. The van der Waals surface area contributed by atoms with Gasteiger partial charge in [-0.1, -0.05) is 30.3 Å². The highest BCUT2D eigenvalue weighted by Gasteiger charge is 2.28. The number of hydrazone groups is 1. The molecule has 26 heavy (non-hydrogen) atoms. The van der Waals surface area contributed by atoms with Crippen molar-refractivity contribution in [1.82, 2.24) is 4.57 Å². The molecule has 0 radical (unpaired) electrons. The van der Waals surface area contributed by atoms with Crippen LogP contribution < -0.4 is 5.01 Å². The van der Waals surface area contributed by atoms with Gasteiger partial charge in [0.2, 0.25) is 0 Å². The zero-order valence-electron chi connectivity index (χ0n) is 14.1. The van der Waals surface area contributed by atoms with E-state index >= 15 is 0 Å². The van der Waals surface area contributed by atoms with Crippen molar-refractivity contribution in [2.45, 2.75) is 6.92 Å². The maximum absolute atomic E-state index is 14.1. The Hall–Kier alpha value is -3.47. The van der Waals surface area contributed by atoms with E-state index in [1.807, 2.05) is 42.5 Å². The molecule has 0 spiro atoms. The molecular formula is C21H16FN3O. The Labute approximate surface area is 150 Å². The lowest BCUT2D eigenvalue weighted by atomic mass is 10.1. The molecule has 0 fully saturated rings. The molecule has 1 aromatic heterocycles. The van der Waals surface area contributed by atoms with Crippen LogP contribution in [0.2, 0.25) is 0 Å². The summed E-state index contributed by atoms with van der Waals surface area (Å²) in [4.78, 5) is 12.8. The molecule has 2 aromatic carbocycles. The summed E-state index contributed by atoms with van der Waals surface area (Å²) in [5.41, 5.74) is 2.97. The van der Waals surface area contributed by atoms with Gasteiger partial charge in [-0.05, 0) is 49.4 Å². The first kappa shape index (κ1) is 16.0. The van der Waals surface area contributed by atoms with Crippen LogP contribution in [0.4, 0.5) is 10.1 Å². The normalized spacial score (nSPS) is 15.6. The Morgan fingerprint density at radius 1 is 0.962 bits per heavy atom. The van der Waals surface area contributed by atoms with Crippen molar-refractivity contribution in [3.05, 3.63) is 90.0 Å². The van der Waals surface area contributed by atoms with E-state index in [2.05, 4.69) is 5.10 Å². The van der Waals surface area contributed by atoms with E-state index in [0.717, 1.165) is 0 Å². The molecule has 128 valence electrons. The Balaban J connectivity index is 1.73. The summed E-state index contributed by atoms with van der Waals surface area (Å²) < 4.78 is 15.9. The van der Waals surface area contributed by atoms with Crippen molar-refractivity contribution < 1.29 is 9.18 Å². The highest BCUT2D eigenvalue weighted by molar-refractivity contribution is 6.32. The quantitative estimate of drug-likeness (QED) is 0.647. The summed E-state index contributed by atoms with van der Waals surface area (Å²) in [6.07, 6.45) is 3.52. The number of rotatable bonds is 3. The molecule has 5 heteroatoms. The van der Waals surface area contributed by atoms with E-state index in [0.29, 0.717) is 28.4 Å². The minimum absolute atomic E-state index is 0.199. The van der Waals surface area contributed by atoms with Gasteiger partial charge in [0.1, 0.15) is 5.82 Å². The monoisotopic (exact) mass is 345 g/mol. The second-order valence-corrected chi connectivity index (χ2v) is 5.95. The number of para-hydroxylation sites is 2. The number of nitrogens with zero attached hydrogens (tertiary/aromatic N) is 3. The summed E-state index contributed by atoms with van der Waals surface area (Å²) in [7, 11) is 0.